The molecule has 86 valence electrons. The molecule has 3 nitrogen and oxygen atoms in total. The number of nitrogens with zero attached hydrogens (tertiary/aromatic N) is 2. The van der Waals surface area contributed by atoms with Crippen molar-refractivity contribution in [2.45, 2.75) is 20.0 Å². The van der Waals surface area contributed by atoms with Gasteiger partial charge in [0.2, 0.25) is 0 Å². The number of hydrogen-bond acceptors (Lipinski definition) is 3. The summed E-state index contributed by atoms with van der Waals surface area (Å²) in [5.74, 6) is 0. The number of pyridine rings is 1. The highest BCUT2D eigenvalue weighted by Crippen LogP contribution is 2.28. The van der Waals surface area contributed by atoms with Crippen molar-refractivity contribution in [1.82, 2.24) is 4.98 Å². The highest BCUT2D eigenvalue weighted by atomic mass is 15.1. The molecule has 2 heterocycles. The Morgan fingerprint density at radius 1 is 1.12 bits per heavy atom. The number of anilines is 2. The molecule has 2 aromatic rings. The van der Waals surface area contributed by atoms with Crippen molar-refractivity contribution in [2.75, 3.05) is 10.6 Å². The van der Waals surface area contributed by atoms with E-state index in [1.807, 2.05) is 25.3 Å². The molecule has 0 radical (unpaired) electrons. The minimum atomic E-state index is 0.840. The number of fused-ring (bicyclic) bond motifs is 1. The van der Waals surface area contributed by atoms with Gasteiger partial charge in [-0.25, -0.2) is 0 Å². The zero-order valence-corrected chi connectivity index (χ0v) is 9.85. The number of rotatable bonds is 1. The molecule has 0 saturated heterocycles. The van der Waals surface area contributed by atoms with E-state index < -0.39 is 0 Å². The van der Waals surface area contributed by atoms with E-state index in [0.717, 1.165) is 24.5 Å². The molecule has 0 bridgehead atoms. The van der Waals surface area contributed by atoms with Crippen LogP contribution >= 0.6 is 0 Å². The normalized spacial score (nSPS) is 13.8. The maximum absolute atomic E-state index is 5.80. The molecule has 0 amide bonds. The number of nitrogens with two attached hydrogens (primary N) is 1. The number of aromatic nitrogens is 1. The molecule has 0 unspecified atom stereocenters. The van der Waals surface area contributed by atoms with Crippen molar-refractivity contribution in [2.24, 2.45) is 0 Å². The highest BCUT2D eigenvalue weighted by molar-refractivity contribution is 5.54. The number of hydrogen-bond donors (Lipinski definition) is 1. The van der Waals surface area contributed by atoms with Crippen LogP contribution in [-0.4, -0.2) is 4.98 Å². The van der Waals surface area contributed by atoms with Crippen LogP contribution in [-0.2, 0) is 13.1 Å². The molecule has 0 atom stereocenters. The third kappa shape index (κ3) is 1.84. The van der Waals surface area contributed by atoms with E-state index in [1.165, 1.54) is 16.8 Å². The molecule has 1 aromatic carbocycles. The fraction of sp³-hybridized carbons (Fsp3) is 0.214. The van der Waals surface area contributed by atoms with Crippen molar-refractivity contribution < 1.29 is 0 Å². The zero-order chi connectivity index (χ0) is 11.8. The van der Waals surface area contributed by atoms with Crippen LogP contribution in [0.15, 0.2) is 36.5 Å². The van der Waals surface area contributed by atoms with E-state index in [0.29, 0.717) is 0 Å². The third-order valence-corrected chi connectivity index (χ3v) is 3.21. The van der Waals surface area contributed by atoms with Crippen LogP contribution in [0.1, 0.15) is 16.8 Å². The lowest BCUT2D eigenvalue weighted by Gasteiger charge is -2.17. The van der Waals surface area contributed by atoms with Gasteiger partial charge in [0.25, 0.3) is 0 Å². The van der Waals surface area contributed by atoms with Gasteiger partial charge in [-0.15, -0.1) is 0 Å². The van der Waals surface area contributed by atoms with Crippen molar-refractivity contribution >= 4 is 11.4 Å². The Kier molecular flexibility index (Phi) is 2.25. The molecule has 1 aliphatic heterocycles. The first-order valence-electron chi connectivity index (χ1n) is 5.77. The van der Waals surface area contributed by atoms with Crippen LogP contribution in [0, 0.1) is 6.92 Å². The van der Waals surface area contributed by atoms with E-state index >= 15 is 0 Å². The highest BCUT2D eigenvalue weighted by Gasteiger charge is 2.19. The average molecular weight is 225 g/mol. The first-order valence-corrected chi connectivity index (χ1v) is 5.77. The van der Waals surface area contributed by atoms with Gasteiger partial charge in [-0.2, -0.15) is 0 Å². The molecule has 3 rings (SSSR count). The van der Waals surface area contributed by atoms with Gasteiger partial charge in [-0.1, -0.05) is 6.07 Å². The lowest BCUT2D eigenvalue weighted by atomic mass is 10.1. The molecule has 0 saturated carbocycles. The van der Waals surface area contributed by atoms with E-state index in [9.17, 15) is 0 Å². The molecule has 1 aromatic heterocycles. The molecular weight excluding hydrogens is 210 g/mol. The Bertz CT molecular complexity index is 546. The summed E-state index contributed by atoms with van der Waals surface area (Å²) in [6.07, 6.45) is 1.94. The molecule has 17 heavy (non-hydrogen) atoms. The van der Waals surface area contributed by atoms with Gasteiger partial charge in [0.1, 0.15) is 0 Å². The molecule has 2 N–H and O–H groups in total. The van der Waals surface area contributed by atoms with Crippen LogP contribution in [0.3, 0.4) is 0 Å². The van der Waals surface area contributed by atoms with Gasteiger partial charge in [-0.3, -0.25) is 4.98 Å². The first-order chi connectivity index (χ1) is 8.22. The Balaban J connectivity index is 1.88. The van der Waals surface area contributed by atoms with Crippen molar-refractivity contribution in [3.63, 3.8) is 0 Å². The van der Waals surface area contributed by atoms with E-state index in [1.54, 1.807) is 0 Å². The van der Waals surface area contributed by atoms with E-state index in [2.05, 4.69) is 28.1 Å². The SMILES string of the molecule is Cc1ccc(N2Cc3ccc(N)cc3C2)cn1. The molecular formula is C14H15N3. The largest absolute Gasteiger partial charge is 0.399 e. The monoisotopic (exact) mass is 225 g/mol. The second kappa shape index (κ2) is 3.77. The lowest BCUT2D eigenvalue weighted by molar-refractivity contribution is 0.874. The summed E-state index contributed by atoms with van der Waals surface area (Å²) in [6.45, 7) is 3.87. The van der Waals surface area contributed by atoms with Crippen LogP contribution in [0.2, 0.25) is 0 Å². The zero-order valence-electron chi connectivity index (χ0n) is 9.85. The van der Waals surface area contributed by atoms with Gasteiger partial charge in [0.15, 0.2) is 0 Å². The van der Waals surface area contributed by atoms with Crippen LogP contribution in [0.4, 0.5) is 11.4 Å². The minimum Gasteiger partial charge on any atom is -0.399 e. The van der Waals surface area contributed by atoms with E-state index in [4.69, 9.17) is 5.73 Å². The van der Waals surface area contributed by atoms with Crippen LogP contribution in [0.5, 0.6) is 0 Å². The topological polar surface area (TPSA) is 42.1 Å². The summed E-state index contributed by atoms with van der Waals surface area (Å²) in [5, 5.41) is 0. The Morgan fingerprint density at radius 3 is 2.71 bits per heavy atom. The maximum atomic E-state index is 5.80. The molecule has 1 aliphatic rings. The van der Waals surface area contributed by atoms with Crippen LogP contribution < -0.4 is 10.6 Å². The second-order valence-electron chi connectivity index (χ2n) is 4.54. The van der Waals surface area contributed by atoms with Crippen molar-refractivity contribution in [3.05, 3.63) is 53.3 Å². The smallest absolute Gasteiger partial charge is 0.0559 e. The Hall–Kier alpha value is -2.03. The van der Waals surface area contributed by atoms with E-state index in [-0.39, 0.29) is 0 Å². The Morgan fingerprint density at radius 2 is 1.94 bits per heavy atom. The first kappa shape index (κ1) is 10.1. The molecule has 3 heteroatoms. The molecule has 0 aliphatic carbocycles. The van der Waals surface area contributed by atoms with Crippen molar-refractivity contribution in [1.29, 1.82) is 0 Å². The fourth-order valence-corrected chi connectivity index (χ4v) is 2.24. The second-order valence-corrected chi connectivity index (χ2v) is 4.54. The van der Waals surface area contributed by atoms with Gasteiger partial charge in [0.05, 0.1) is 11.9 Å². The Labute approximate surface area is 101 Å². The molecule has 0 fully saturated rings. The van der Waals surface area contributed by atoms with Crippen molar-refractivity contribution in [3.8, 4) is 0 Å². The summed E-state index contributed by atoms with van der Waals surface area (Å²) in [4.78, 5) is 6.65. The lowest BCUT2D eigenvalue weighted by Crippen LogP contribution is -2.14. The number of benzene rings is 1. The summed E-state index contributed by atoms with van der Waals surface area (Å²) in [6, 6.07) is 10.3. The third-order valence-electron chi connectivity index (χ3n) is 3.21. The summed E-state index contributed by atoms with van der Waals surface area (Å²) in [7, 11) is 0. The fourth-order valence-electron chi connectivity index (χ4n) is 2.24. The predicted octanol–water partition coefficient (Wildman–Crippen LogP) is 2.49. The minimum absolute atomic E-state index is 0.840. The molecule has 0 spiro atoms. The summed E-state index contributed by atoms with van der Waals surface area (Å²) < 4.78 is 0. The number of aryl methyl sites for hydroxylation is 1. The summed E-state index contributed by atoms with van der Waals surface area (Å²) >= 11 is 0. The predicted molar refractivity (Wildman–Crippen MR) is 69.7 cm³/mol. The van der Waals surface area contributed by atoms with Gasteiger partial charge >= 0.3 is 0 Å². The van der Waals surface area contributed by atoms with Gasteiger partial charge in [0, 0.05) is 24.5 Å². The van der Waals surface area contributed by atoms with Gasteiger partial charge in [-0.05, 0) is 42.3 Å². The average Bonchev–Trinajstić information content (AvgIpc) is 2.72. The van der Waals surface area contributed by atoms with Gasteiger partial charge < -0.3 is 10.6 Å². The summed E-state index contributed by atoms with van der Waals surface area (Å²) in [5.41, 5.74) is 11.6. The van der Waals surface area contributed by atoms with Crippen LogP contribution in [0.25, 0.3) is 0 Å². The standard InChI is InChI=1S/C14H15N3/c1-10-2-5-14(7-16-10)17-8-11-3-4-13(15)6-12(11)9-17/h2-7H,8-9,15H2,1H3. The quantitative estimate of drug-likeness (QED) is 0.758. The maximum Gasteiger partial charge on any atom is 0.0559 e. The number of nitrogen functional groups attached to an aromatic ring is 1.